The molecule has 1 fully saturated rings. The molecule has 2 aromatic rings. The molecule has 3 rings (SSSR count). The first-order valence-corrected chi connectivity index (χ1v) is 5.98. The van der Waals surface area contributed by atoms with Crippen LogP contribution in [0.5, 0.6) is 0 Å². The highest BCUT2D eigenvalue weighted by Gasteiger charge is 2.30. The van der Waals surface area contributed by atoms with Crippen molar-refractivity contribution in [3.63, 3.8) is 0 Å². The highest BCUT2D eigenvalue weighted by molar-refractivity contribution is 5.99. The van der Waals surface area contributed by atoms with Crippen molar-refractivity contribution >= 4 is 11.6 Å². The van der Waals surface area contributed by atoms with E-state index in [-0.39, 0.29) is 17.5 Å². The average molecular weight is 257 g/mol. The van der Waals surface area contributed by atoms with Crippen LogP contribution in [0.15, 0.2) is 36.8 Å². The van der Waals surface area contributed by atoms with Gasteiger partial charge in [-0.1, -0.05) is 0 Å². The molecule has 96 valence electrons. The number of Topliss-reactive ketones (excluding diaryl/α,β-unsaturated/α-hetero) is 1. The first-order chi connectivity index (χ1) is 9.15. The number of imidazole rings is 1. The van der Waals surface area contributed by atoms with E-state index >= 15 is 0 Å². The van der Waals surface area contributed by atoms with Crippen molar-refractivity contribution in [3.8, 4) is 5.69 Å². The molecule has 1 aromatic carbocycles. The van der Waals surface area contributed by atoms with Gasteiger partial charge in [-0.25, -0.2) is 0 Å². The summed E-state index contributed by atoms with van der Waals surface area (Å²) in [7, 11) is 0. The average Bonchev–Trinajstić information content (AvgIpc) is 3.14. The van der Waals surface area contributed by atoms with Crippen LogP contribution in [-0.2, 0) is 0 Å². The third-order valence-corrected chi connectivity index (χ3v) is 3.15. The van der Waals surface area contributed by atoms with E-state index in [0.717, 1.165) is 18.5 Å². The molecule has 6 nitrogen and oxygen atoms in total. The largest absolute Gasteiger partial charge is 0.381 e. The quantitative estimate of drug-likeness (QED) is 0.478. The molecule has 1 aliphatic rings. The summed E-state index contributed by atoms with van der Waals surface area (Å²) >= 11 is 0. The second kappa shape index (κ2) is 4.31. The second-order valence-corrected chi connectivity index (χ2v) is 4.58. The number of hydrogen-bond acceptors (Lipinski definition) is 4. The maximum atomic E-state index is 11.8. The van der Waals surface area contributed by atoms with Crippen molar-refractivity contribution in [1.82, 2.24) is 9.55 Å². The number of ketones is 1. The van der Waals surface area contributed by atoms with Gasteiger partial charge in [0.25, 0.3) is 0 Å². The molecular weight excluding hydrogens is 246 g/mol. The Morgan fingerprint density at radius 3 is 2.53 bits per heavy atom. The molecule has 0 N–H and O–H groups in total. The summed E-state index contributed by atoms with van der Waals surface area (Å²) in [6, 6.07) is 7.03. The Labute approximate surface area is 108 Å². The molecule has 0 amide bonds. The number of rotatable bonds is 4. The van der Waals surface area contributed by atoms with Crippen LogP contribution in [0.1, 0.15) is 23.2 Å². The van der Waals surface area contributed by atoms with Gasteiger partial charge in [-0.2, -0.15) is 0 Å². The van der Waals surface area contributed by atoms with Crippen LogP contribution >= 0.6 is 0 Å². The third-order valence-electron chi connectivity index (χ3n) is 3.15. The Morgan fingerprint density at radius 1 is 1.32 bits per heavy atom. The van der Waals surface area contributed by atoms with Crippen molar-refractivity contribution in [2.24, 2.45) is 5.92 Å². The molecule has 1 aliphatic carbocycles. The number of carbonyl (C=O) groups excluding carboxylic acids is 1. The van der Waals surface area contributed by atoms with Gasteiger partial charge in [0.2, 0.25) is 6.33 Å². The van der Waals surface area contributed by atoms with Crippen molar-refractivity contribution in [3.05, 3.63) is 52.5 Å². The molecule has 6 heteroatoms. The van der Waals surface area contributed by atoms with Crippen LogP contribution in [0.4, 0.5) is 5.82 Å². The van der Waals surface area contributed by atoms with Gasteiger partial charge >= 0.3 is 5.82 Å². The lowest BCUT2D eigenvalue weighted by Gasteiger charge is -2.02. The van der Waals surface area contributed by atoms with Crippen LogP contribution in [-0.4, -0.2) is 20.3 Å². The van der Waals surface area contributed by atoms with Crippen molar-refractivity contribution in [1.29, 1.82) is 0 Å². The molecule has 0 spiro atoms. The van der Waals surface area contributed by atoms with Gasteiger partial charge in [-0.05, 0) is 47.0 Å². The van der Waals surface area contributed by atoms with Crippen LogP contribution in [0, 0.1) is 16.0 Å². The van der Waals surface area contributed by atoms with E-state index in [0.29, 0.717) is 5.56 Å². The van der Waals surface area contributed by atoms with E-state index in [4.69, 9.17) is 0 Å². The summed E-state index contributed by atoms with van der Waals surface area (Å²) < 4.78 is 1.56. The van der Waals surface area contributed by atoms with Crippen molar-refractivity contribution in [2.75, 3.05) is 0 Å². The molecule has 1 aromatic heterocycles. The maximum absolute atomic E-state index is 11.8. The van der Waals surface area contributed by atoms with E-state index < -0.39 is 4.92 Å². The maximum Gasteiger partial charge on any atom is 0.381 e. The number of nitro groups is 1. The Hall–Kier alpha value is -2.50. The Morgan fingerprint density at radius 2 is 2.00 bits per heavy atom. The molecule has 0 unspecified atom stereocenters. The topological polar surface area (TPSA) is 78.0 Å². The van der Waals surface area contributed by atoms with Crippen LogP contribution in [0.25, 0.3) is 5.69 Å². The van der Waals surface area contributed by atoms with Crippen LogP contribution in [0.3, 0.4) is 0 Å². The molecule has 1 saturated carbocycles. The summed E-state index contributed by atoms with van der Waals surface area (Å²) in [4.78, 5) is 25.5. The molecule has 0 aliphatic heterocycles. The Balaban J connectivity index is 1.84. The van der Waals surface area contributed by atoms with Gasteiger partial charge in [-0.3, -0.25) is 9.36 Å². The zero-order valence-corrected chi connectivity index (χ0v) is 10.0. The lowest BCUT2D eigenvalue weighted by molar-refractivity contribution is -0.389. The molecule has 0 radical (unpaired) electrons. The summed E-state index contributed by atoms with van der Waals surface area (Å²) in [5, 5.41) is 10.6. The van der Waals surface area contributed by atoms with E-state index in [1.54, 1.807) is 28.8 Å². The lowest BCUT2D eigenvalue weighted by atomic mass is 10.1. The van der Waals surface area contributed by atoms with Gasteiger partial charge < -0.3 is 10.1 Å². The van der Waals surface area contributed by atoms with Gasteiger partial charge in [0.05, 0.1) is 0 Å². The molecular formula is C13H11N3O3. The smallest absolute Gasteiger partial charge is 0.358 e. The predicted molar refractivity (Wildman–Crippen MR) is 67.3 cm³/mol. The van der Waals surface area contributed by atoms with Crippen LogP contribution in [0.2, 0.25) is 0 Å². The summed E-state index contributed by atoms with van der Waals surface area (Å²) in [5.41, 5.74) is 1.44. The first-order valence-electron chi connectivity index (χ1n) is 5.98. The fourth-order valence-corrected chi connectivity index (χ4v) is 1.93. The molecule has 1 heterocycles. The zero-order chi connectivity index (χ0) is 13.4. The van der Waals surface area contributed by atoms with E-state index in [9.17, 15) is 14.9 Å². The number of nitrogens with zero attached hydrogens (tertiary/aromatic N) is 3. The highest BCUT2D eigenvalue weighted by atomic mass is 16.6. The van der Waals surface area contributed by atoms with E-state index in [2.05, 4.69) is 4.98 Å². The molecule has 0 saturated heterocycles. The minimum Gasteiger partial charge on any atom is -0.358 e. The molecule has 0 atom stereocenters. The summed E-state index contributed by atoms with van der Waals surface area (Å²) in [5.74, 6) is 0.182. The Kier molecular flexibility index (Phi) is 2.63. The monoisotopic (exact) mass is 257 g/mol. The number of benzene rings is 1. The van der Waals surface area contributed by atoms with Gasteiger partial charge in [0, 0.05) is 17.2 Å². The highest BCUT2D eigenvalue weighted by Crippen LogP contribution is 2.32. The number of carbonyl (C=O) groups is 1. The molecule has 19 heavy (non-hydrogen) atoms. The van der Waals surface area contributed by atoms with E-state index in [1.807, 2.05) is 0 Å². The second-order valence-electron chi connectivity index (χ2n) is 4.58. The summed E-state index contributed by atoms with van der Waals surface area (Å²) in [6.45, 7) is 0. The number of hydrogen-bond donors (Lipinski definition) is 0. The third kappa shape index (κ3) is 2.24. The van der Waals surface area contributed by atoms with Gasteiger partial charge in [-0.15, -0.1) is 0 Å². The van der Waals surface area contributed by atoms with Crippen molar-refractivity contribution in [2.45, 2.75) is 12.8 Å². The summed E-state index contributed by atoms with van der Waals surface area (Å²) in [6.07, 6.45) is 4.69. The number of aromatic nitrogens is 2. The normalized spacial score (nSPS) is 14.3. The molecule has 0 bridgehead atoms. The Bertz CT molecular complexity index is 641. The van der Waals surface area contributed by atoms with Crippen molar-refractivity contribution < 1.29 is 9.72 Å². The SMILES string of the molecule is O=C(c1ccc(-n2cnc([N+](=O)[O-])c2)cc1)C1CC1. The fraction of sp³-hybridized carbons (Fsp3) is 0.231. The zero-order valence-electron chi connectivity index (χ0n) is 10.0. The van der Waals surface area contributed by atoms with Crippen LogP contribution < -0.4 is 0 Å². The predicted octanol–water partition coefficient (Wildman–Crippen LogP) is 2.37. The lowest BCUT2D eigenvalue weighted by Crippen LogP contribution is -2.01. The standard InChI is InChI=1S/C13H11N3O3/c17-13(9-1-2-9)10-3-5-11(6-4-10)15-7-12(14-8-15)16(18)19/h3-9H,1-2H2. The van der Waals surface area contributed by atoms with Gasteiger partial charge in [0.1, 0.15) is 6.20 Å². The van der Waals surface area contributed by atoms with E-state index in [1.165, 1.54) is 12.5 Å². The minimum atomic E-state index is -0.540. The minimum absolute atomic E-state index is 0.183. The van der Waals surface area contributed by atoms with Gasteiger partial charge in [0.15, 0.2) is 5.78 Å². The fourth-order valence-electron chi connectivity index (χ4n) is 1.93. The first kappa shape index (κ1) is 11.6.